The number of fused-ring (bicyclic) bond motifs is 7. The molecule has 55 heavy (non-hydrogen) atoms. The van der Waals surface area contributed by atoms with Gasteiger partial charge in [-0.1, -0.05) is 170 Å². The highest BCUT2D eigenvalue weighted by Gasteiger charge is 2.46. The third kappa shape index (κ3) is 4.83. The average Bonchev–Trinajstić information content (AvgIpc) is 3.77. The Balaban J connectivity index is 1.23. The van der Waals surface area contributed by atoms with Crippen LogP contribution in [0.1, 0.15) is 22.3 Å². The lowest BCUT2D eigenvalue weighted by atomic mass is 9.67. The van der Waals surface area contributed by atoms with Gasteiger partial charge < -0.3 is 4.90 Å². The van der Waals surface area contributed by atoms with Gasteiger partial charge in [-0.25, -0.2) is 4.98 Å². The van der Waals surface area contributed by atoms with Gasteiger partial charge in [-0.15, -0.1) is 11.3 Å². The number of thiophene rings is 1. The van der Waals surface area contributed by atoms with E-state index in [4.69, 9.17) is 4.98 Å². The number of hydrogen-bond acceptors (Lipinski definition) is 3. The number of nitrogens with zero attached hydrogens (tertiary/aromatic N) is 2. The molecule has 0 N–H and O–H groups in total. The minimum absolute atomic E-state index is 0.511. The number of aromatic nitrogens is 1. The minimum Gasteiger partial charge on any atom is -0.308 e. The van der Waals surface area contributed by atoms with Gasteiger partial charge in [0.1, 0.15) is 0 Å². The molecule has 3 heteroatoms. The molecule has 0 bridgehead atoms. The molecule has 0 spiro atoms. The lowest BCUT2D eigenvalue weighted by Crippen LogP contribution is -2.28. The monoisotopic (exact) mass is 718 g/mol. The molecule has 0 atom stereocenters. The van der Waals surface area contributed by atoms with Crippen LogP contribution in [0.5, 0.6) is 0 Å². The third-order valence-electron chi connectivity index (χ3n) is 11.3. The van der Waals surface area contributed by atoms with Gasteiger partial charge in [0.2, 0.25) is 0 Å². The van der Waals surface area contributed by atoms with Crippen LogP contribution in [-0.2, 0) is 5.41 Å². The van der Waals surface area contributed by atoms with Gasteiger partial charge in [0, 0.05) is 22.0 Å². The highest BCUT2D eigenvalue weighted by molar-refractivity contribution is 7.26. The van der Waals surface area contributed by atoms with Crippen molar-refractivity contribution >= 4 is 59.6 Å². The highest BCUT2D eigenvalue weighted by atomic mass is 32.1. The van der Waals surface area contributed by atoms with Crippen LogP contribution in [0.3, 0.4) is 0 Å². The third-order valence-corrected chi connectivity index (χ3v) is 12.5. The fraction of sp³-hybridized carbons (Fsp3) is 0.0192. The highest BCUT2D eigenvalue weighted by Crippen LogP contribution is 2.58. The second kappa shape index (κ2) is 12.7. The first-order valence-corrected chi connectivity index (χ1v) is 19.6. The number of benzene rings is 8. The van der Waals surface area contributed by atoms with E-state index in [2.05, 4.69) is 211 Å². The maximum Gasteiger partial charge on any atom is 0.0896 e. The Labute approximate surface area is 324 Å². The molecule has 10 aromatic rings. The predicted molar refractivity (Wildman–Crippen MR) is 232 cm³/mol. The summed E-state index contributed by atoms with van der Waals surface area (Å²) < 4.78 is 2.40. The summed E-state index contributed by atoms with van der Waals surface area (Å²) in [5.41, 5.74) is 14.9. The molecule has 2 heterocycles. The Morgan fingerprint density at radius 1 is 0.455 bits per heavy atom. The van der Waals surface area contributed by atoms with Crippen molar-refractivity contribution in [3.63, 3.8) is 0 Å². The summed E-state index contributed by atoms with van der Waals surface area (Å²) >= 11 is 1.83. The van der Waals surface area contributed by atoms with Gasteiger partial charge in [-0.3, -0.25) is 0 Å². The topological polar surface area (TPSA) is 16.1 Å². The number of hydrogen-bond donors (Lipinski definition) is 0. The lowest BCUT2D eigenvalue weighted by Gasteiger charge is -2.35. The predicted octanol–water partition coefficient (Wildman–Crippen LogP) is 14.1. The van der Waals surface area contributed by atoms with E-state index in [1.165, 1.54) is 59.3 Å². The molecule has 2 aromatic heterocycles. The molecule has 0 saturated heterocycles. The maximum absolute atomic E-state index is 5.23. The quantitative estimate of drug-likeness (QED) is 0.170. The Kier molecular flexibility index (Phi) is 7.29. The molecular formula is C52H34N2S. The van der Waals surface area contributed by atoms with E-state index in [-0.39, 0.29) is 0 Å². The number of pyridine rings is 1. The van der Waals surface area contributed by atoms with Crippen LogP contribution >= 0.6 is 11.3 Å². The van der Waals surface area contributed by atoms with Crippen molar-refractivity contribution < 1.29 is 0 Å². The molecule has 0 saturated carbocycles. The standard InChI is InChI=1S/C52H34N2S/c1-4-17-35(18-5-1)40-24-12-15-29-47(40)54(48-30-16-26-43-50-49(55-51(43)48)33-36-19-10-14-28-46(36)53-50)39-31-32-42-41-25-11-13-27-44(41)52(45(42)34-39,37-20-6-2-7-21-37)38-22-8-3-9-23-38/h1-34H. The number of rotatable bonds is 6. The van der Waals surface area contributed by atoms with Crippen LogP contribution in [-0.4, -0.2) is 4.98 Å². The van der Waals surface area contributed by atoms with E-state index in [1.807, 2.05) is 11.3 Å². The van der Waals surface area contributed by atoms with Crippen molar-refractivity contribution in [2.75, 3.05) is 4.90 Å². The first-order chi connectivity index (χ1) is 27.3. The molecule has 0 radical (unpaired) electrons. The van der Waals surface area contributed by atoms with E-state index in [0.717, 1.165) is 33.5 Å². The number of para-hydroxylation sites is 2. The zero-order chi connectivity index (χ0) is 36.3. The first-order valence-electron chi connectivity index (χ1n) is 18.8. The molecule has 2 nitrogen and oxygen atoms in total. The summed E-state index contributed by atoms with van der Waals surface area (Å²) in [5.74, 6) is 0. The smallest absolute Gasteiger partial charge is 0.0896 e. The zero-order valence-corrected chi connectivity index (χ0v) is 30.7. The van der Waals surface area contributed by atoms with E-state index in [0.29, 0.717) is 0 Å². The van der Waals surface area contributed by atoms with Gasteiger partial charge in [-0.2, -0.15) is 0 Å². The van der Waals surface area contributed by atoms with Gasteiger partial charge in [-0.05, 0) is 75.3 Å². The summed E-state index contributed by atoms with van der Waals surface area (Å²) in [4.78, 5) is 7.72. The SMILES string of the molecule is c1ccc(-c2ccccc2N(c2ccc3c(c2)C(c2ccccc2)(c2ccccc2)c2ccccc2-3)c2cccc3c2sc2cc4ccccc4nc23)cc1. The molecule has 0 unspecified atom stereocenters. The van der Waals surface area contributed by atoms with Crippen LogP contribution < -0.4 is 4.90 Å². The van der Waals surface area contributed by atoms with Crippen LogP contribution in [0.25, 0.3) is 53.5 Å². The van der Waals surface area contributed by atoms with Crippen LogP contribution in [0.15, 0.2) is 206 Å². The van der Waals surface area contributed by atoms with E-state index >= 15 is 0 Å². The molecule has 1 aliphatic carbocycles. The summed E-state index contributed by atoms with van der Waals surface area (Å²) in [5, 5.41) is 2.33. The van der Waals surface area contributed by atoms with E-state index in [1.54, 1.807) is 0 Å². The summed E-state index contributed by atoms with van der Waals surface area (Å²) in [6.07, 6.45) is 0. The number of anilines is 3. The average molecular weight is 719 g/mol. The van der Waals surface area contributed by atoms with Crippen molar-refractivity contribution in [2.24, 2.45) is 0 Å². The van der Waals surface area contributed by atoms with Crippen molar-refractivity contribution in [1.29, 1.82) is 0 Å². The van der Waals surface area contributed by atoms with Gasteiger partial charge >= 0.3 is 0 Å². The van der Waals surface area contributed by atoms with E-state index in [9.17, 15) is 0 Å². The molecule has 0 aliphatic heterocycles. The van der Waals surface area contributed by atoms with Gasteiger partial charge in [0.05, 0.1) is 37.2 Å². The zero-order valence-electron chi connectivity index (χ0n) is 29.9. The summed E-state index contributed by atoms with van der Waals surface area (Å²) in [7, 11) is 0. The minimum atomic E-state index is -0.511. The van der Waals surface area contributed by atoms with Crippen LogP contribution in [0.2, 0.25) is 0 Å². The van der Waals surface area contributed by atoms with Crippen molar-refractivity contribution in [1.82, 2.24) is 4.98 Å². The molecular weight excluding hydrogens is 685 g/mol. The van der Waals surface area contributed by atoms with Crippen molar-refractivity contribution in [2.45, 2.75) is 5.41 Å². The summed E-state index contributed by atoms with van der Waals surface area (Å²) in [6, 6.07) is 75.2. The Bertz CT molecular complexity index is 3000. The molecule has 11 rings (SSSR count). The van der Waals surface area contributed by atoms with E-state index < -0.39 is 5.41 Å². The Morgan fingerprint density at radius 3 is 1.85 bits per heavy atom. The Hall–Kier alpha value is -6.81. The maximum atomic E-state index is 5.23. The lowest BCUT2D eigenvalue weighted by molar-refractivity contribution is 0.768. The van der Waals surface area contributed by atoms with Crippen LogP contribution in [0.4, 0.5) is 17.1 Å². The second-order valence-electron chi connectivity index (χ2n) is 14.3. The fourth-order valence-corrected chi connectivity index (χ4v) is 10.2. The van der Waals surface area contributed by atoms with Crippen molar-refractivity contribution in [3.05, 3.63) is 229 Å². The largest absolute Gasteiger partial charge is 0.308 e. The van der Waals surface area contributed by atoms with Crippen LogP contribution in [0, 0.1) is 0 Å². The molecule has 258 valence electrons. The fourth-order valence-electron chi connectivity index (χ4n) is 8.98. The van der Waals surface area contributed by atoms with Gasteiger partial charge in [0.15, 0.2) is 0 Å². The molecule has 0 fully saturated rings. The first kappa shape index (κ1) is 31.7. The second-order valence-corrected chi connectivity index (χ2v) is 15.3. The molecule has 1 aliphatic rings. The Morgan fingerprint density at radius 2 is 1.07 bits per heavy atom. The van der Waals surface area contributed by atoms with Crippen molar-refractivity contribution in [3.8, 4) is 22.3 Å². The molecule has 8 aromatic carbocycles. The van der Waals surface area contributed by atoms with Gasteiger partial charge in [0.25, 0.3) is 0 Å². The summed E-state index contributed by atoms with van der Waals surface area (Å²) in [6.45, 7) is 0. The normalized spacial score (nSPS) is 12.9. The molecule has 0 amide bonds.